The quantitative estimate of drug-likeness (QED) is 0.458. The first kappa shape index (κ1) is 17.4. The van der Waals surface area contributed by atoms with Crippen molar-refractivity contribution in [3.63, 3.8) is 0 Å². The van der Waals surface area contributed by atoms with E-state index in [0.29, 0.717) is 4.31 Å². The Labute approximate surface area is 137 Å². The van der Waals surface area contributed by atoms with Gasteiger partial charge in [0.25, 0.3) is 21.6 Å². The van der Waals surface area contributed by atoms with Crippen molar-refractivity contribution >= 4 is 27.3 Å². The molecule has 9 nitrogen and oxygen atoms in total. The first-order chi connectivity index (χ1) is 11.4. The molecule has 1 amide bonds. The lowest BCUT2D eigenvalue weighted by molar-refractivity contribution is -0.384. The number of rotatable bonds is 6. The molecule has 2 aromatic carbocycles. The van der Waals surface area contributed by atoms with Gasteiger partial charge in [0.15, 0.2) is 0 Å². The van der Waals surface area contributed by atoms with Crippen molar-refractivity contribution < 1.29 is 23.3 Å². The topological polar surface area (TPSA) is 130 Å². The molecule has 0 radical (unpaired) electrons. The van der Waals surface area contributed by atoms with Crippen LogP contribution >= 0.6 is 0 Å². The Morgan fingerprint density at radius 2 is 1.83 bits per heavy atom. The number of nitrogens with one attached hydrogen (secondary N) is 1. The first-order valence-electron chi connectivity index (χ1n) is 6.61. The molecule has 0 aliphatic carbocycles. The molecule has 0 bridgehead atoms. The number of hydrogen-bond acceptors (Lipinski definition) is 6. The van der Waals surface area contributed by atoms with Crippen LogP contribution in [0, 0.1) is 10.1 Å². The number of carbonyl (C=O) groups excluding carboxylic acids is 1. The van der Waals surface area contributed by atoms with Crippen LogP contribution in [0.15, 0.2) is 59.5 Å². The van der Waals surface area contributed by atoms with Gasteiger partial charge in [-0.1, -0.05) is 24.3 Å². The molecule has 2 rings (SSSR count). The van der Waals surface area contributed by atoms with Crippen LogP contribution in [0.3, 0.4) is 0 Å². The van der Waals surface area contributed by atoms with E-state index in [1.54, 1.807) is 6.07 Å². The molecule has 0 unspecified atom stereocenters. The van der Waals surface area contributed by atoms with Gasteiger partial charge < -0.3 is 0 Å². The SMILES string of the molecule is O=C(CN(c1cccc([N+](=O)[O-])c1)S(=O)(=O)c1ccccc1)NO. The summed E-state index contributed by atoms with van der Waals surface area (Å²) in [5.41, 5.74) is 0.946. The molecule has 2 aromatic rings. The van der Waals surface area contributed by atoms with Crippen molar-refractivity contribution in [3.05, 3.63) is 64.7 Å². The van der Waals surface area contributed by atoms with Crippen LogP contribution < -0.4 is 9.79 Å². The summed E-state index contributed by atoms with van der Waals surface area (Å²) in [6.45, 7) is -0.741. The maximum absolute atomic E-state index is 12.8. The zero-order chi connectivity index (χ0) is 17.7. The molecule has 24 heavy (non-hydrogen) atoms. The largest absolute Gasteiger partial charge is 0.289 e. The van der Waals surface area contributed by atoms with Crippen molar-refractivity contribution in [2.45, 2.75) is 4.90 Å². The molecule has 0 spiro atoms. The highest BCUT2D eigenvalue weighted by Gasteiger charge is 2.28. The maximum Gasteiger partial charge on any atom is 0.271 e. The van der Waals surface area contributed by atoms with Gasteiger partial charge in [-0.15, -0.1) is 0 Å². The summed E-state index contributed by atoms with van der Waals surface area (Å²) in [6.07, 6.45) is 0. The van der Waals surface area contributed by atoms with Gasteiger partial charge in [-0.05, 0) is 18.2 Å². The average molecular weight is 351 g/mol. The molecule has 0 saturated heterocycles. The van der Waals surface area contributed by atoms with E-state index in [9.17, 15) is 23.3 Å². The van der Waals surface area contributed by atoms with Crippen LogP contribution in [-0.2, 0) is 14.8 Å². The third-order valence-corrected chi connectivity index (χ3v) is 4.86. The summed E-state index contributed by atoms with van der Waals surface area (Å²) in [7, 11) is -4.16. The van der Waals surface area contributed by atoms with Crippen LogP contribution in [-0.4, -0.2) is 31.0 Å². The number of amides is 1. The van der Waals surface area contributed by atoms with Crippen LogP contribution in [0.4, 0.5) is 11.4 Å². The summed E-state index contributed by atoms with van der Waals surface area (Å²) in [6, 6.07) is 12.1. The molecule has 2 N–H and O–H groups in total. The molecule has 0 aromatic heterocycles. The van der Waals surface area contributed by atoms with Crippen molar-refractivity contribution in [1.82, 2.24) is 5.48 Å². The zero-order valence-electron chi connectivity index (χ0n) is 12.2. The fourth-order valence-electron chi connectivity index (χ4n) is 1.96. The molecular weight excluding hydrogens is 338 g/mol. The van der Waals surface area contributed by atoms with E-state index in [-0.39, 0.29) is 16.3 Å². The highest BCUT2D eigenvalue weighted by molar-refractivity contribution is 7.92. The second-order valence-electron chi connectivity index (χ2n) is 4.64. The molecular formula is C14H13N3O6S. The number of benzene rings is 2. The van der Waals surface area contributed by atoms with E-state index in [2.05, 4.69) is 0 Å². The molecule has 0 fully saturated rings. The predicted molar refractivity (Wildman–Crippen MR) is 84.0 cm³/mol. The minimum atomic E-state index is -4.16. The van der Waals surface area contributed by atoms with Gasteiger partial charge in [0.1, 0.15) is 6.54 Å². The van der Waals surface area contributed by atoms with Gasteiger partial charge in [0.2, 0.25) is 0 Å². The summed E-state index contributed by atoms with van der Waals surface area (Å²) < 4.78 is 26.2. The van der Waals surface area contributed by atoms with Gasteiger partial charge in [-0.25, -0.2) is 13.9 Å². The van der Waals surface area contributed by atoms with E-state index >= 15 is 0 Å². The van der Waals surface area contributed by atoms with E-state index in [1.807, 2.05) is 0 Å². The molecule has 0 heterocycles. The van der Waals surface area contributed by atoms with Crippen molar-refractivity contribution in [3.8, 4) is 0 Å². The number of sulfonamides is 1. The minimum absolute atomic E-state index is 0.0725. The summed E-state index contributed by atoms with van der Waals surface area (Å²) >= 11 is 0. The second-order valence-corrected chi connectivity index (χ2v) is 6.50. The molecule has 0 atom stereocenters. The number of hydrogen-bond donors (Lipinski definition) is 2. The molecule has 0 aliphatic heterocycles. The normalized spacial score (nSPS) is 10.9. The number of anilines is 1. The molecule has 0 aliphatic rings. The van der Waals surface area contributed by atoms with E-state index < -0.39 is 27.4 Å². The Morgan fingerprint density at radius 3 is 2.42 bits per heavy atom. The Kier molecular flexibility index (Phi) is 5.11. The first-order valence-corrected chi connectivity index (χ1v) is 8.05. The smallest absolute Gasteiger partial charge is 0.271 e. The fraction of sp³-hybridized carbons (Fsp3) is 0.0714. The van der Waals surface area contributed by atoms with E-state index in [0.717, 1.165) is 6.07 Å². The van der Waals surface area contributed by atoms with Gasteiger partial charge >= 0.3 is 0 Å². The number of carbonyl (C=O) groups is 1. The fourth-order valence-corrected chi connectivity index (χ4v) is 3.40. The van der Waals surface area contributed by atoms with E-state index in [4.69, 9.17) is 5.21 Å². The number of nitro groups is 1. The molecule has 126 valence electrons. The molecule has 0 saturated carbocycles. The van der Waals surface area contributed by atoms with Crippen LogP contribution in [0.2, 0.25) is 0 Å². The highest BCUT2D eigenvalue weighted by Crippen LogP contribution is 2.26. The minimum Gasteiger partial charge on any atom is -0.289 e. The van der Waals surface area contributed by atoms with Crippen molar-refractivity contribution in [2.75, 3.05) is 10.8 Å². The number of nitro benzene ring substituents is 1. The van der Waals surface area contributed by atoms with Crippen molar-refractivity contribution in [2.24, 2.45) is 0 Å². The van der Waals surface area contributed by atoms with Crippen molar-refractivity contribution in [1.29, 1.82) is 0 Å². The van der Waals surface area contributed by atoms with E-state index in [1.165, 1.54) is 47.9 Å². The van der Waals surface area contributed by atoms with Gasteiger partial charge in [-0.3, -0.25) is 24.4 Å². The highest BCUT2D eigenvalue weighted by atomic mass is 32.2. The Morgan fingerprint density at radius 1 is 1.17 bits per heavy atom. The standard InChI is InChI=1S/C14H13N3O6S/c18-14(15-19)10-16(11-5-4-6-12(9-11)17(20)21)24(22,23)13-7-2-1-3-8-13/h1-9,19H,10H2,(H,15,18). The lowest BCUT2D eigenvalue weighted by Gasteiger charge is -2.23. The average Bonchev–Trinajstić information content (AvgIpc) is 2.60. The molecule has 10 heteroatoms. The maximum atomic E-state index is 12.8. The number of nitrogens with zero attached hydrogens (tertiary/aromatic N) is 2. The van der Waals surface area contributed by atoms with Crippen LogP contribution in [0.25, 0.3) is 0 Å². The summed E-state index contributed by atoms with van der Waals surface area (Å²) in [5.74, 6) is -0.985. The predicted octanol–water partition coefficient (Wildman–Crippen LogP) is 1.30. The Balaban J connectivity index is 2.55. The Bertz CT molecular complexity index is 854. The zero-order valence-corrected chi connectivity index (χ0v) is 13.0. The lowest BCUT2D eigenvalue weighted by Crippen LogP contribution is -2.40. The van der Waals surface area contributed by atoms with Crippen LogP contribution in [0.1, 0.15) is 0 Å². The van der Waals surface area contributed by atoms with Gasteiger partial charge in [0.05, 0.1) is 15.5 Å². The Hall–Kier alpha value is -2.98. The van der Waals surface area contributed by atoms with Gasteiger partial charge in [-0.2, -0.15) is 0 Å². The third-order valence-electron chi connectivity index (χ3n) is 3.07. The monoisotopic (exact) mass is 351 g/mol. The number of non-ortho nitro benzene ring substituents is 1. The number of hydroxylamine groups is 1. The lowest BCUT2D eigenvalue weighted by atomic mass is 10.3. The van der Waals surface area contributed by atoms with Gasteiger partial charge in [0, 0.05) is 12.1 Å². The third kappa shape index (κ3) is 3.67. The summed E-state index contributed by atoms with van der Waals surface area (Å²) in [4.78, 5) is 21.6. The second kappa shape index (κ2) is 7.06. The summed E-state index contributed by atoms with van der Waals surface area (Å²) in [5, 5.41) is 19.6. The van der Waals surface area contributed by atoms with Crippen LogP contribution in [0.5, 0.6) is 0 Å².